The van der Waals surface area contributed by atoms with Crippen LogP contribution in [-0.4, -0.2) is 18.0 Å². The van der Waals surface area contributed by atoms with E-state index >= 15 is 0 Å². The zero-order valence-corrected chi connectivity index (χ0v) is 11.8. The first-order valence-electron chi connectivity index (χ1n) is 7.61. The molecule has 0 heterocycles. The number of carbonyl (C=O) groups excluding carboxylic acids is 1. The van der Waals surface area contributed by atoms with Crippen LogP contribution in [0.5, 0.6) is 0 Å². The Morgan fingerprint density at radius 3 is 2.33 bits per heavy atom. The second-order valence-electron chi connectivity index (χ2n) is 6.62. The molecule has 104 valence electrons. The van der Waals surface area contributed by atoms with Gasteiger partial charge in [0.05, 0.1) is 0 Å². The third-order valence-corrected chi connectivity index (χ3v) is 5.04. The topological polar surface area (TPSA) is 55.1 Å². The summed E-state index contributed by atoms with van der Waals surface area (Å²) in [5, 5.41) is 3.85. The highest BCUT2D eigenvalue weighted by molar-refractivity contribution is 5.76. The summed E-state index contributed by atoms with van der Waals surface area (Å²) in [5.41, 5.74) is 5.38. The Labute approximate surface area is 111 Å². The van der Waals surface area contributed by atoms with Gasteiger partial charge in [-0.05, 0) is 50.4 Å². The molecule has 0 saturated heterocycles. The molecule has 3 unspecified atom stereocenters. The fraction of sp³-hybridized carbons (Fsp3) is 0.933. The van der Waals surface area contributed by atoms with E-state index in [4.69, 9.17) is 5.73 Å². The maximum Gasteiger partial charge on any atom is 0.220 e. The van der Waals surface area contributed by atoms with E-state index in [2.05, 4.69) is 19.2 Å². The van der Waals surface area contributed by atoms with Crippen molar-refractivity contribution in [2.45, 2.75) is 70.9 Å². The van der Waals surface area contributed by atoms with Crippen LogP contribution in [0.3, 0.4) is 0 Å². The van der Waals surface area contributed by atoms with Crippen LogP contribution in [0.1, 0.15) is 58.8 Å². The van der Waals surface area contributed by atoms with E-state index in [1.54, 1.807) is 0 Å². The van der Waals surface area contributed by atoms with Crippen molar-refractivity contribution in [3.8, 4) is 0 Å². The lowest BCUT2D eigenvalue weighted by Gasteiger charge is -2.38. The molecule has 0 aromatic carbocycles. The average molecular weight is 252 g/mol. The van der Waals surface area contributed by atoms with Gasteiger partial charge < -0.3 is 11.1 Å². The van der Waals surface area contributed by atoms with Gasteiger partial charge >= 0.3 is 0 Å². The number of rotatable bonds is 3. The van der Waals surface area contributed by atoms with E-state index < -0.39 is 0 Å². The lowest BCUT2D eigenvalue weighted by Crippen LogP contribution is -2.46. The molecule has 3 atom stereocenters. The Kier molecular flexibility index (Phi) is 4.66. The first-order chi connectivity index (χ1) is 8.56. The molecule has 3 N–H and O–H groups in total. The van der Waals surface area contributed by atoms with Crippen LogP contribution in [-0.2, 0) is 4.79 Å². The molecular formula is C15H28N2O. The van der Waals surface area contributed by atoms with E-state index in [1.807, 2.05) is 0 Å². The van der Waals surface area contributed by atoms with Crippen molar-refractivity contribution in [2.24, 2.45) is 23.5 Å². The predicted octanol–water partition coefficient (Wildman–Crippen LogP) is 2.44. The SMILES string of the molecule is CC1CCC(C)C(NC2CCC(C(N)=O)CC2)C1. The highest BCUT2D eigenvalue weighted by Crippen LogP contribution is 2.31. The van der Waals surface area contributed by atoms with Crippen molar-refractivity contribution in [3.63, 3.8) is 0 Å². The molecule has 2 rings (SSSR count). The van der Waals surface area contributed by atoms with Crippen molar-refractivity contribution in [1.29, 1.82) is 0 Å². The third kappa shape index (κ3) is 3.47. The molecule has 0 aromatic rings. The molecule has 0 radical (unpaired) electrons. The number of carbonyl (C=O) groups is 1. The lowest BCUT2D eigenvalue weighted by molar-refractivity contribution is -0.122. The van der Waals surface area contributed by atoms with Gasteiger partial charge in [0.2, 0.25) is 5.91 Å². The minimum atomic E-state index is -0.104. The molecule has 0 aliphatic heterocycles. The zero-order chi connectivity index (χ0) is 13.1. The molecular weight excluding hydrogens is 224 g/mol. The van der Waals surface area contributed by atoms with Gasteiger partial charge in [-0.2, -0.15) is 0 Å². The number of hydrogen-bond acceptors (Lipinski definition) is 2. The predicted molar refractivity (Wildman–Crippen MR) is 74.0 cm³/mol. The molecule has 0 spiro atoms. The Hall–Kier alpha value is -0.570. The first kappa shape index (κ1) is 13.9. The average Bonchev–Trinajstić information content (AvgIpc) is 2.34. The van der Waals surface area contributed by atoms with Gasteiger partial charge in [0.15, 0.2) is 0 Å². The van der Waals surface area contributed by atoms with E-state index in [-0.39, 0.29) is 11.8 Å². The Morgan fingerprint density at radius 1 is 1.06 bits per heavy atom. The van der Waals surface area contributed by atoms with Crippen LogP contribution < -0.4 is 11.1 Å². The fourth-order valence-electron chi connectivity index (χ4n) is 3.61. The van der Waals surface area contributed by atoms with Crippen molar-refractivity contribution in [3.05, 3.63) is 0 Å². The molecule has 2 saturated carbocycles. The van der Waals surface area contributed by atoms with Gasteiger partial charge in [-0.15, -0.1) is 0 Å². The quantitative estimate of drug-likeness (QED) is 0.810. The zero-order valence-electron chi connectivity index (χ0n) is 11.8. The molecule has 0 aromatic heterocycles. The number of nitrogens with one attached hydrogen (secondary N) is 1. The molecule has 2 aliphatic carbocycles. The van der Waals surface area contributed by atoms with E-state index in [0.717, 1.165) is 37.5 Å². The van der Waals surface area contributed by atoms with Crippen LogP contribution in [0.2, 0.25) is 0 Å². The molecule has 0 bridgehead atoms. The molecule has 18 heavy (non-hydrogen) atoms. The van der Waals surface area contributed by atoms with Gasteiger partial charge in [-0.1, -0.05) is 20.3 Å². The van der Waals surface area contributed by atoms with Gasteiger partial charge in [0, 0.05) is 18.0 Å². The summed E-state index contributed by atoms with van der Waals surface area (Å²) in [5.74, 6) is 1.69. The summed E-state index contributed by atoms with van der Waals surface area (Å²) in [6.45, 7) is 4.74. The number of amides is 1. The maximum absolute atomic E-state index is 11.1. The van der Waals surface area contributed by atoms with Crippen LogP contribution >= 0.6 is 0 Å². The van der Waals surface area contributed by atoms with Crippen molar-refractivity contribution >= 4 is 5.91 Å². The summed E-state index contributed by atoms with van der Waals surface area (Å²) in [6.07, 6.45) is 8.24. The van der Waals surface area contributed by atoms with Crippen LogP contribution in [0.15, 0.2) is 0 Å². The Morgan fingerprint density at radius 2 is 1.72 bits per heavy atom. The van der Waals surface area contributed by atoms with Gasteiger partial charge in [-0.3, -0.25) is 4.79 Å². The summed E-state index contributed by atoms with van der Waals surface area (Å²) < 4.78 is 0. The standard InChI is InChI=1S/C15H28N2O/c1-10-3-4-11(2)14(9-10)17-13-7-5-12(6-8-13)15(16)18/h10-14,17H,3-9H2,1-2H3,(H2,16,18). The molecule has 3 heteroatoms. The van der Waals surface area contributed by atoms with Gasteiger partial charge in [0.25, 0.3) is 0 Å². The highest BCUT2D eigenvalue weighted by atomic mass is 16.1. The molecule has 1 amide bonds. The van der Waals surface area contributed by atoms with E-state index in [9.17, 15) is 4.79 Å². The smallest absolute Gasteiger partial charge is 0.220 e. The minimum absolute atomic E-state index is 0.104. The summed E-state index contributed by atoms with van der Waals surface area (Å²) >= 11 is 0. The first-order valence-corrected chi connectivity index (χ1v) is 7.61. The second-order valence-corrected chi connectivity index (χ2v) is 6.62. The van der Waals surface area contributed by atoms with E-state index in [0.29, 0.717) is 12.1 Å². The summed E-state index contributed by atoms with van der Waals surface area (Å²) in [6, 6.07) is 1.29. The fourth-order valence-corrected chi connectivity index (χ4v) is 3.61. The lowest BCUT2D eigenvalue weighted by atomic mass is 9.78. The maximum atomic E-state index is 11.1. The summed E-state index contributed by atoms with van der Waals surface area (Å²) in [7, 11) is 0. The van der Waals surface area contributed by atoms with Crippen molar-refractivity contribution in [1.82, 2.24) is 5.32 Å². The molecule has 2 aliphatic rings. The van der Waals surface area contributed by atoms with E-state index in [1.165, 1.54) is 19.3 Å². The van der Waals surface area contributed by atoms with Gasteiger partial charge in [0.1, 0.15) is 0 Å². The van der Waals surface area contributed by atoms with Gasteiger partial charge in [-0.25, -0.2) is 0 Å². The van der Waals surface area contributed by atoms with Crippen molar-refractivity contribution in [2.75, 3.05) is 0 Å². The second kappa shape index (κ2) is 6.05. The largest absolute Gasteiger partial charge is 0.369 e. The highest BCUT2D eigenvalue weighted by Gasteiger charge is 2.30. The number of primary amides is 1. The normalized spacial score (nSPS) is 41.6. The minimum Gasteiger partial charge on any atom is -0.369 e. The molecule has 2 fully saturated rings. The molecule has 3 nitrogen and oxygen atoms in total. The summed E-state index contributed by atoms with van der Waals surface area (Å²) in [4.78, 5) is 11.1. The number of nitrogens with two attached hydrogens (primary N) is 1. The third-order valence-electron chi connectivity index (χ3n) is 5.04. The van der Waals surface area contributed by atoms with Crippen LogP contribution in [0, 0.1) is 17.8 Å². The van der Waals surface area contributed by atoms with Crippen LogP contribution in [0.4, 0.5) is 0 Å². The monoisotopic (exact) mass is 252 g/mol. The Bertz CT molecular complexity index is 284. The van der Waals surface area contributed by atoms with Crippen molar-refractivity contribution < 1.29 is 4.79 Å². The Balaban J connectivity index is 1.78. The van der Waals surface area contributed by atoms with Crippen LogP contribution in [0.25, 0.3) is 0 Å². The number of hydrogen-bond donors (Lipinski definition) is 2.